The maximum absolute atomic E-state index is 13.0. The summed E-state index contributed by atoms with van der Waals surface area (Å²) in [4.78, 5) is 26.9. The minimum Gasteiger partial charge on any atom is -0.466 e. The molecule has 0 aromatic heterocycles. The molecule has 6 heteroatoms. The van der Waals surface area contributed by atoms with Crippen LogP contribution in [0.3, 0.4) is 0 Å². The molecule has 1 aromatic rings. The molecule has 2 bridgehead atoms. The zero-order chi connectivity index (χ0) is 16.2. The summed E-state index contributed by atoms with van der Waals surface area (Å²) in [7, 11) is 0. The number of ether oxygens (including phenoxy) is 2. The predicted octanol–water partition coefficient (Wildman–Crippen LogP) is 2.19. The van der Waals surface area contributed by atoms with Crippen molar-refractivity contribution in [2.45, 2.75) is 18.6 Å². The van der Waals surface area contributed by atoms with Crippen LogP contribution in [0.25, 0.3) is 0 Å². The lowest BCUT2D eigenvalue weighted by Crippen LogP contribution is -2.40. The number of fused-ring (bicyclic) bond motifs is 1. The van der Waals surface area contributed by atoms with E-state index < -0.39 is 17.4 Å². The van der Waals surface area contributed by atoms with Gasteiger partial charge in [0.2, 0.25) is 5.91 Å². The molecule has 1 aromatic carbocycles. The first-order valence-electron chi connectivity index (χ1n) is 7.66. The third kappa shape index (κ3) is 2.03. The number of rotatable bonds is 3. The van der Waals surface area contributed by atoms with E-state index in [1.165, 1.54) is 0 Å². The molecular formula is C17H16ClNO4. The fourth-order valence-electron chi connectivity index (χ4n) is 3.87. The number of carbonyl (C=O) groups is 2. The molecule has 4 rings (SSSR count). The van der Waals surface area contributed by atoms with Gasteiger partial charge in [0.25, 0.3) is 0 Å². The Balaban J connectivity index is 1.70. The van der Waals surface area contributed by atoms with Gasteiger partial charge in [0.15, 0.2) is 0 Å². The van der Waals surface area contributed by atoms with E-state index in [0.29, 0.717) is 17.3 Å². The number of halogens is 1. The number of amides is 1. The second kappa shape index (κ2) is 5.08. The Morgan fingerprint density at radius 2 is 2.35 bits per heavy atom. The van der Waals surface area contributed by atoms with E-state index in [1.807, 2.05) is 18.2 Å². The molecule has 3 aliphatic rings. The second-order valence-electron chi connectivity index (χ2n) is 6.06. The lowest BCUT2D eigenvalue weighted by Gasteiger charge is -2.22. The first-order chi connectivity index (χ1) is 11.1. The summed E-state index contributed by atoms with van der Waals surface area (Å²) in [6.45, 7) is 2.43. The third-order valence-electron chi connectivity index (χ3n) is 4.78. The van der Waals surface area contributed by atoms with Crippen LogP contribution in [0.15, 0.2) is 36.4 Å². The number of nitrogens with zero attached hydrogens (tertiary/aromatic N) is 1. The molecule has 5 nitrogen and oxygen atoms in total. The van der Waals surface area contributed by atoms with Gasteiger partial charge in [0.1, 0.15) is 11.5 Å². The van der Waals surface area contributed by atoms with Crippen molar-refractivity contribution in [2.75, 3.05) is 18.1 Å². The van der Waals surface area contributed by atoms with Crippen LogP contribution in [0.4, 0.5) is 5.69 Å². The van der Waals surface area contributed by atoms with Gasteiger partial charge in [-0.2, -0.15) is 0 Å². The predicted molar refractivity (Wildman–Crippen MR) is 84.2 cm³/mol. The minimum absolute atomic E-state index is 0.114. The lowest BCUT2D eigenvalue weighted by atomic mass is 9.77. The first-order valence-corrected chi connectivity index (χ1v) is 8.04. The van der Waals surface area contributed by atoms with E-state index >= 15 is 0 Å². The molecule has 0 saturated carbocycles. The Morgan fingerprint density at radius 1 is 1.52 bits per heavy atom. The average molecular weight is 334 g/mol. The average Bonchev–Trinajstić information content (AvgIpc) is 3.16. The van der Waals surface area contributed by atoms with Crippen molar-refractivity contribution in [2.24, 2.45) is 11.8 Å². The van der Waals surface area contributed by atoms with Gasteiger partial charge in [-0.05, 0) is 25.1 Å². The van der Waals surface area contributed by atoms with E-state index in [0.717, 1.165) is 0 Å². The van der Waals surface area contributed by atoms with Crippen molar-refractivity contribution in [3.63, 3.8) is 0 Å². The molecule has 4 atom stereocenters. The van der Waals surface area contributed by atoms with E-state index in [4.69, 9.17) is 21.1 Å². The minimum atomic E-state index is -0.735. The Bertz CT molecular complexity index is 718. The highest BCUT2D eigenvalue weighted by molar-refractivity contribution is 6.31. The van der Waals surface area contributed by atoms with Crippen molar-refractivity contribution in [1.29, 1.82) is 0 Å². The zero-order valence-corrected chi connectivity index (χ0v) is 13.3. The fraction of sp³-hybridized carbons (Fsp3) is 0.412. The molecule has 120 valence electrons. The van der Waals surface area contributed by atoms with Gasteiger partial charge < -0.3 is 14.4 Å². The van der Waals surface area contributed by atoms with Crippen LogP contribution in [0, 0.1) is 11.8 Å². The molecule has 1 spiro atoms. The normalized spacial score (nSPS) is 34.1. The van der Waals surface area contributed by atoms with Crippen LogP contribution >= 0.6 is 11.6 Å². The van der Waals surface area contributed by atoms with Gasteiger partial charge in [0.05, 0.1) is 25.2 Å². The summed E-state index contributed by atoms with van der Waals surface area (Å²) in [5.41, 5.74) is -0.0177. The number of esters is 1. The van der Waals surface area contributed by atoms with Crippen molar-refractivity contribution in [3.05, 3.63) is 41.4 Å². The quantitative estimate of drug-likeness (QED) is 0.628. The number of carbonyl (C=O) groups excluding carboxylic acids is 2. The summed E-state index contributed by atoms with van der Waals surface area (Å²) in [5.74, 6) is -1.58. The Morgan fingerprint density at radius 3 is 3.09 bits per heavy atom. The van der Waals surface area contributed by atoms with Crippen molar-refractivity contribution >= 4 is 29.2 Å². The summed E-state index contributed by atoms with van der Waals surface area (Å²) in [6, 6.07) is 7.13. The molecule has 0 aliphatic carbocycles. The standard InChI is InChI=1S/C17H16ClNO4/c1-2-22-16(21)13-12-6-7-17(23-12)9-19(15(20)14(13)17)11-5-3-4-10(18)8-11/h3-8,12-14H,2,9H2,1H3/t12-,13+,14+,17-/m1/s1. The second-order valence-corrected chi connectivity index (χ2v) is 6.49. The number of anilines is 1. The van der Waals surface area contributed by atoms with Crippen LogP contribution in [0.5, 0.6) is 0 Å². The van der Waals surface area contributed by atoms with Gasteiger partial charge >= 0.3 is 5.97 Å². The SMILES string of the molecule is CCOC(=O)[C@@H]1[C@H]2C(=O)N(c3cccc(Cl)c3)C[C@]23C=C[C@H]1O3. The molecule has 3 aliphatic heterocycles. The monoisotopic (exact) mass is 333 g/mol. The van der Waals surface area contributed by atoms with Crippen molar-refractivity contribution in [1.82, 2.24) is 0 Å². The Kier molecular flexibility index (Phi) is 3.25. The van der Waals surface area contributed by atoms with Gasteiger partial charge in [0, 0.05) is 10.7 Å². The Hall–Kier alpha value is -1.85. The van der Waals surface area contributed by atoms with Crippen LogP contribution in [-0.2, 0) is 19.1 Å². The van der Waals surface area contributed by atoms with E-state index in [1.54, 1.807) is 30.0 Å². The third-order valence-corrected chi connectivity index (χ3v) is 5.01. The van der Waals surface area contributed by atoms with Gasteiger partial charge in [-0.1, -0.05) is 29.8 Å². The topological polar surface area (TPSA) is 55.8 Å². The van der Waals surface area contributed by atoms with Gasteiger partial charge in [-0.15, -0.1) is 0 Å². The molecular weight excluding hydrogens is 318 g/mol. The number of hydrogen-bond acceptors (Lipinski definition) is 4. The molecule has 1 amide bonds. The molecule has 0 N–H and O–H groups in total. The number of hydrogen-bond donors (Lipinski definition) is 0. The highest BCUT2D eigenvalue weighted by atomic mass is 35.5. The van der Waals surface area contributed by atoms with Crippen LogP contribution in [-0.4, -0.2) is 36.7 Å². The molecule has 0 radical (unpaired) electrons. The van der Waals surface area contributed by atoms with Gasteiger partial charge in [-0.3, -0.25) is 9.59 Å². The highest BCUT2D eigenvalue weighted by Crippen LogP contribution is 2.52. The van der Waals surface area contributed by atoms with Crippen LogP contribution in [0.2, 0.25) is 5.02 Å². The smallest absolute Gasteiger partial charge is 0.312 e. The van der Waals surface area contributed by atoms with Crippen LogP contribution < -0.4 is 4.90 Å². The van der Waals surface area contributed by atoms with Crippen molar-refractivity contribution in [3.8, 4) is 0 Å². The summed E-state index contributed by atoms with van der Waals surface area (Å²) < 4.78 is 11.2. The molecule has 23 heavy (non-hydrogen) atoms. The van der Waals surface area contributed by atoms with Crippen molar-refractivity contribution < 1.29 is 19.1 Å². The maximum atomic E-state index is 13.0. The Labute approximate surface area is 138 Å². The highest BCUT2D eigenvalue weighted by Gasteiger charge is 2.67. The van der Waals surface area contributed by atoms with E-state index in [-0.39, 0.29) is 24.6 Å². The maximum Gasteiger partial charge on any atom is 0.312 e. The van der Waals surface area contributed by atoms with E-state index in [2.05, 4.69) is 0 Å². The molecule has 3 heterocycles. The number of benzene rings is 1. The molecule has 2 saturated heterocycles. The summed E-state index contributed by atoms with van der Waals surface area (Å²) >= 11 is 6.03. The zero-order valence-electron chi connectivity index (χ0n) is 12.6. The van der Waals surface area contributed by atoms with E-state index in [9.17, 15) is 9.59 Å². The summed E-state index contributed by atoms with van der Waals surface area (Å²) in [5, 5.41) is 0.563. The molecule has 2 fully saturated rings. The first kappa shape index (κ1) is 14.7. The molecule has 0 unspecified atom stereocenters. The lowest BCUT2D eigenvalue weighted by molar-refractivity contribution is -0.151. The summed E-state index contributed by atoms with van der Waals surface area (Å²) in [6.07, 6.45) is 3.41. The van der Waals surface area contributed by atoms with Gasteiger partial charge in [-0.25, -0.2) is 0 Å². The fourth-order valence-corrected chi connectivity index (χ4v) is 4.05. The van der Waals surface area contributed by atoms with Crippen LogP contribution in [0.1, 0.15) is 6.92 Å². The largest absolute Gasteiger partial charge is 0.466 e.